The Hall–Kier alpha value is -1.08. The fraction of sp³-hybridized carbons (Fsp3) is 0.556. The van der Waals surface area contributed by atoms with E-state index in [0.717, 1.165) is 19.3 Å². The molecule has 0 saturated carbocycles. The van der Waals surface area contributed by atoms with Gasteiger partial charge in [0.15, 0.2) is 0 Å². The molecule has 2 N–H and O–H groups in total. The van der Waals surface area contributed by atoms with Crippen LogP contribution in [0.2, 0.25) is 0 Å². The van der Waals surface area contributed by atoms with Gasteiger partial charge in [0.1, 0.15) is 0 Å². The van der Waals surface area contributed by atoms with Crippen molar-refractivity contribution in [3.63, 3.8) is 0 Å². The van der Waals surface area contributed by atoms with Crippen LogP contribution in [0.4, 0.5) is 0 Å². The number of nitrogens with two attached hydrogens (primary N) is 1. The van der Waals surface area contributed by atoms with Gasteiger partial charge in [0.25, 0.3) is 0 Å². The standard InChI is InChI=1S/C18H27N/c1-13(19)7-5-8-14-11-15-9-6-10-16(15)17(12-14)18(2,3)4/h6,9,11-13H,5,7-8,10,19H2,1-4H3/t13-/m0/s1. The molecule has 0 fully saturated rings. The molecule has 1 atom stereocenters. The van der Waals surface area contributed by atoms with E-state index in [4.69, 9.17) is 5.73 Å². The summed E-state index contributed by atoms with van der Waals surface area (Å²) in [6, 6.07) is 5.11. The van der Waals surface area contributed by atoms with Crippen LogP contribution < -0.4 is 5.73 Å². The first-order valence-electron chi connectivity index (χ1n) is 7.46. The number of hydrogen-bond acceptors (Lipinski definition) is 1. The largest absolute Gasteiger partial charge is 0.328 e. The number of aryl methyl sites for hydroxylation is 1. The molecule has 0 heterocycles. The topological polar surface area (TPSA) is 26.0 Å². The van der Waals surface area contributed by atoms with E-state index in [2.05, 4.69) is 52.0 Å². The van der Waals surface area contributed by atoms with E-state index in [9.17, 15) is 0 Å². The van der Waals surface area contributed by atoms with Crippen molar-refractivity contribution >= 4 is 6.08 Å². The third kappa shape index (κ3) is 3.48. The first kappa shape index (κ1) is 14.3. The van der Waals surface area contributed by atoms with Crippen LogP contribution in [-0.4, -0.2) is 6.04 Å². The second kappa shape index (κ2) is 5.50. The van der Waals surface area contributed by atoms with Crippen molar-refractivity contribution in [1.82, 2.24) is 0 Å². The highest BCUT2D eigenvalue weighted by Gasteiger charge is 2.21. The lowest BCUT2D eigenvalue weighted by molar-refractivity contribution is 0.581. The average molecular weight is 257 g/mol. The minimum atomic E-state index is 0.229. The monoisotopic (exact) mass is 257 g/mol. The van der Waals surface area contributed by atoms with Gasteiger partial charge in [-0.15, -0.1) is 0 Å². The van der Waals surface area contributed by atoms with Crippen molar-refractivity contribution in [3.8, 4) is 0 Å². The lowest BCUT2D eigenvalue weighted by atomic mass is 9.81. The molecule has 1 nitrogen and oxygen atoms in total. The summed E-state index contributed by atoms with van der Waals surface area (Å²) in [6.07, 6.45) is 9.10. The van der Waals surface area contributed by atoms with Gasteiger partial charge >= 0.3 is 0 Å². The summed E-state index contributed by atoms with van der Waals surface area (Å²) >= 11 is 0. The highest BCUT2D eigenvalue weighted by molar-refractivity contribution is 5.64. The molecule has 1 aliphatic carbocycles. The van der Waals surface area contributed by atoms with E-state index in [1.165, 1.54) is 28.7 Å². The molecule has 104 valence electrons. The third-order valence-electron chi connectivity index (χ3n) is 3.90. The zero-order chi connectivity index (χ0) is 14.0. The van der Waals surface area contributed by atoms with Crippen molar-refractivity contribution in [3.05, 3.63) is 40.5 Å². The Kier molecular flexibility index (Phi) is 4.15. The molecule has 0 spiro atoms. The van der Waals surface area contributed by atoms with Gasteiger partial charge in [-0.1, -0.05) is 45.1 Å². The number of fused-ring (bicyclic) bond motifs is 1. The van der Waals surface area contributed by atoms with Crippen LogP contribution in [0.3, 0.4) is 0 Å². The van der Waals surface area contributed by atoms with Crippen LogP contribution in [0.25, 0.3) is 6.08 Å². The van der Waals surface area contributed by atoms with E-state index in [1.807, 2.05) is 0 Å². The molecule has 1 aromatic rings. The van der Waals surface area contributed by atoms with Crippen LogP contribution in [-0.2, 0) is 18.3 Å². The lowest BCUT2D eigenvalue weighted by Crippen LogP contribution is -2.16. The summed E-state index contributed by atoms with van der Waals surface area (Å²) in [6.45, 7) is 9.03. The van der Waals surface area contributed by atoms with Crippen LogP contribution in [0, 0.1) is 0 Å². The zero-order valence-corrected chi connectivity index (χ0v) is 12.8. The van der Waals surface area contributed by atoms with E-state index >= 15 is 0 Å². The Morgan fingerprint density at radius 2 is 2.00 bits per heavy atom. The second-order valence-electron chi connectivity index (χ2n) is 6.94. The van der Waals surface area contributed by atoms with Gasteiger partial charge in [0, 0.05) is 6.04 Å². The number of hydrogen-bond donors (Lipinski definition) is 1. The Morgan fingerprint density at radius 1 is 1.26 bits per heavy atom. The Bertz CT molecular complexity index is 475. The third-order valence-corrected chi connectivity index (χ3v) is 3.90. The van der Waals surface area contributed by atoms with Gasteiger partial charge in [-0.05, 0) is 60.3 Å². The first-order chi connectivity index (χ1) is 8.88. The molecule has 0 amide bonds. The summed E-state index contributed by atoms with van der Waals surface area (Å²) in [7, 11) is 0. The van der Waals surface area contributed by atoms with Crippen molar-refractivity contribution < 1.29 is 0 Å². The predicted octanol–water partition coefficient (Wildman–Crippen LogP) is 4.22. The summed E-state index contributed by atoms with van der Waals surface area (Å²) in [5.41, 5.74) is 12.0. The predicted molar refractivity (Wildman–Crippen MR) is 84.5 cm³/mol. The molecule has 1 heteroatoms. The first-order valence-corrected chi connectivity index (χ1v) is 7.46. The zero-order valence-electron chi connectivity index (χ0n) is 12.8. The number of rotatable bonds is 4. The number of benzene rings is 1. The minimum absolute atomic E-state index is 0.229. The molecule has 0 unspecified atom stereocenters. The van der Waals surface area contributed by atoms with Gasteiger partial charge in [-0.3, -0.25) is 0 Å². The second-order valence-corrected chi connectivity index (χ2v) is 6.94. The molecular weight excluding hydrogens is 230 g/mol. The van der Waals surface area contributed by atoms with Crippen LogP contribution in [0.1, 0.15) is 62.8 Å². The molecule has 2 rings (SSSR count). The maximum atomic E-state index is 5.83. The highest BCUT2D eigenvalue weighted by Crippen LogP contribution is 2.33. The normalized spacial score (nSPS) is 15.6. The van der Waals surface area contributed by atoms with Gasteiger partial charge in [0.2, 0.25) is 0 Å². The summed E-state index contributed by atoms with van der Waals surface area (Å²) < 4.78 is 0. The SMILES string of the molecule is C[C@H](N)CCCc1cc2c(c(C(C)(C)C)c1)CC=C2. The van der Waals surface area contributed by atoms with Crippen molar-refractivity contribution in [2.75, 3.05) is 0 Å². The fourth-order valence-corrected chi connectivity index (χ4v) is 2.88. The summed E-state index contributed by atoms with van der Waals surface area (Å²) in [5.74, 6) is 0. The minimum Gasteiger partial charge on any atom is -0.328 e. The lowest BCUT2D eigenvalue weighted by Gasteiger charge is -2.24. The molecule has 1 aromatic carbocycles. The van der Waals surface area contributed by atoms with Crippen molar-refractivity contribution in [2.24, 2.45) is 5.73 Å². The molecule has 0 bridgehead atoms. The maximum absolute atomic E-state index is 5.83. The van der Waals surface area contributed by atoms with Crippen LogP contribution in [0.15, 0.2) is 18.2 Å². The molecule has 0 radical (unpaired) electrons. The quantitative estimate of drug-likeness (QED) is 0.858. The molecule has 19 heavy (non-hydrogen) atoms. The molecule has 0 aliphatic heterocycles. The van der Waals surface area contributed by atoms with Crippen molar-refractivity contribution in [2.45, 2.75) is 64.8 Å². The maximum Gasteiger partial charge on any atom is 0.00105 e. The van der Waals surface area contributed by atoms with Crippen molar-refractivity contribution in [1.29, 1.82) is 0 Å². The summed E-state index contributed by atoms with van der Waals surface area (Å²) in [4.78, 5) is 0. The van der Waals surface area contributed by atoms with E-state index < -0.39 is 0 Å². The smallest absolute Gasteiger partial charge is 0.00105 e. The van der Waals surface area contributed by atoms with Gasteiger partial charge < -0.3 is 5.73 Å². The van der Waals surface area contributed by atoms with E-state index in [0.29, 0.717) is 6.04 Å². The Morgan fingerprint density at radius 3 is 2.63 bits per heavy atom. The van der Waals surface area contributed by atoms with E-state index in [-0.39, 0.29) is 5.41 Å². The number of allylic oxidation sites excluding steroid dienone is 1. The Labute approximate surface area is 117 Å². The van der Waals surface area contributed by atoms with E-state index in [1.54, 1.807) is 0 Å². The van der Waals surface area contributed by atoms with Gasteiger partial charge in [-0.2, -0.15) is 0 Å². The van der Waals surface area contributed by atoms with Gasteiger partial charge in [0.05, 0.1) is 0 Å². The Balaban J connectivity index is 2.24. The molecule has 1 aliphatic rings. The van der Waals surface area contributed by atoms with Crippen LogP contribution in [0.5, 0.6) is 0 Å². The molecular formula is C18H27N. The van der Waals surface area contributed by atoms with Gasteiger partial charge in [-0.25, -0.2) is 0 Å². The molecule has 0 saturated heterocycles. The highest BCUT2D eigenvalue weighted by atomic mass is 14.6. The van der Waals surface area contributed by atoms with Crippen LogP contribution >= 0.6 is 0 Å². The fourth-order valence-electron chi connectivity index (χ4n) is 2.88. The average Bonchev–Trinajstić information content (AvgIpc) is 2.73. The molecule has 0 aromatic heterocycles. The summed E-state index contributed by atoms with van der Waals surface area (Å²) in [5, 5.41) is 0.